The highest BCUT2D eigenvalue weighted by atomic mass is 32.2. The number of hydrogen-bond acceptors (Lipinski definition) is 7. The molecule has 1 aromatic carbocycles. The quantitative estimate of drug-likeness (QED) is 0.317. The molecule has 0 N–H and O–H groups in total. The smallest absolute Gasteiger partial charge is 0.253 e. The van der Waals surface area contributed by atoms with Crippen molar-refractivity contribution < 1.29 is 13.6 Å². The Morgan fingerprint density at radius 3 is 2.69 bits per heavy atom. The summed E-state index contributed by atoms with van der Waals surface area (Å²) in [7, 11) is 0. The third-order valence-electron chi connectivity index (χ3n) is 6.59. The van der Waals surface area contributed by atoms with Crippen molar-refractivity contribution in [1.82, 2.24) is 19.8 Å². The number of allylic oxidation sites excluding steroid dienone is 1. The zero-order valence-corrected chi connectivity index (χ0v) is 20.6. The Morgan fingerprint density at radius 2 is 1.92 bits per heavy atom. The maximum absolute atomic E-state index is 13.6. The van der Waals surface area contributed by atoms with Gasteiger partial charge in [0, 0.05) is 11.6 Å². The molecule has 9 heteroatoms. The van der Waals surface area contributed by atoms with Crippen molar-refractivity contribution in [3.8, 4) is 5.69 Å². The Balaban J connectivity index is 1.28. The number of fused-ring (bicyclic) bond motifs is 1. The van der Waals surface area contributed by atoms with E-state index in [0.717, 1.165) is 53.6 Å². The van der Waals surface area contributed by atoms with Gasteiger partial charge in [-0.25, -0.2) is 5.01 Å². The second-order valence-corrected chi connectivity index (χ2v) is 9.80. The Hall–Kier alpha value is -3.85. The van der Waals surface area contributed by atoms with Crippen LogP contribution in [0.1, 0.15) is 42.6 Å². The van der Waals surface area contributed by atoms with Crippen LogP contribution in [0, 0.1) is 12.8 Å². The van der Waals surface area contributed by atoms with Crippen LogP contribution in [0.25, 0.3) is 11.8 Å². The highest BCUT2D eigenvalue weighted by Gasteiger charge is 2.45. The van der Waals surface area contributed by atoms with Gasteiger partial charge in [-0.2, -0.15) is 5.10 Å². The van der Waals surface area contributed by atoms with Crippen LogP contribution < -0.4 is 0 Å². The average molecular weight is 500 g/mol. The molecular weight excluding hydrogens is 474 g/mol. The van der Waals surface area contributed by atoms with E-state index in [0.29, 0.717) is 5.16 Å². The molecule has 1 amide bonds. The van der Waals surface area contributed by atoms with E-state index in [1.165, 1.54) is 11.8 Å². The average Bonchev–Trinajstić information content (AvgIpc) is 3.70. The molecule has 182 valence electrons. The van der Waals surface area contributed by atoms with E-state index in [4.69, 9.17) is 13.9 Å². The summed E-state index contributed by atoms with van der Waals surface area (Å²) in [6.07, 6.45) is 8.22. The van der Waals surface area contributed by atoms with Gasteiger partial charge in [-0.15, -0.1) is 10.2 Å². The first kappa shape index (κ1) is 22.6. The van der Waals surface area contributed by atoms with E-state index >= 15 is 0 Å². The van der Waals surface area contributed by atoms with Gasteiger partial charge in [-0.1, -0.05) is 30.0 Å². The lowest BCUT2D eigenvalue weighted by atomic mass is 9.79. The summed E-state index contributed by atoms with van der Waals surface area (Å²) in [5.41, 5.74) is 3.02. The highest BCUT2D eigenvalue weighted by molar-refractivity contribution is 7.99. The summed E-state index contributed by atoms with van der Waals surface area (Å²) >= 11 is 1.36. The summed E-state index contributed by atoms with van der Waals surface area (Å²) in [4.78, 5) is 13.6. The minimum Gasteiger partial charge on any atom is -0.467 e. The van der Waals surface area contributed by atoms with E-state index in [1.807, 2.05) is 72.2 Å². The summed E-state index contributed by atoms with van der Waals surface area (Å²) in [6.45, 7) is 1.91. The Bertz CT molecular complexity index is 1410. The molecule has 4 heterocycles. The molecule has 1 saturated carbocycles. The largest absolute Gasteiger partial charge is 0.467 e. The van der Waals surface area contributed by atoms with Gasteiger partial charge in [0.05, 0.1) is 24.0 Å². The first-order chi connectivity index (χ1) is 17.7. The van der Waals surface area contributed by atoms with Crippen molar-refractivity contribution in [2.75, 3.05) is 5.75 Å². The van der Waals surface area contributed by atoms with Gasteiger partial charge >= 0.3 is 0 Å². The lowest BCUT2D eigenvalue weighted by molar-refractivity contribution is -0.131. The molecule has 0 radical (unpaired) electrons. The summed E-state index contributed by atoms with van der Waals surface area (Å²) in [5, 5.41) is 15.7. The van der Waals surface area contributed by atoms with E-state index in [2.05, 4.69) is 10.2 Å². The number of rotatable bonds is 6. The lowest BCUT2D eigenvalue weighted by Gasteiger charge is -2.27. The van der Waals surface area contributed by atoms with Crippen molar-refractivity contribution in [3.63, 3.8) is 0 Å². The lowest BCUT2D eigenvalue weighted by Crippen LogP contribution is -2.32. The zero-order valence-electron chi connectivity index (χ0n) is 19.8. The summed E-state index contributed by atoms with van der Waals surface area (Å²) in [6, 6.07) is 17.2. The van der Waals surface area contributed by atoms with E-state index in [1.54, 1.807) is 17.5 Å². The highest BCUT2D eigenvalue weighted by Crippen LogP contribution is 2.44. The van der Waals surface area contributed by atoms with Gasteiger partial charge < -0.3 is 8.83 Å². The number of hydrogen-bond donors (Lipinski definition) is 0. The summed E-state index contributed by atoms with van der Waals surface area (Å²) < 4.78 is 13.3. The van der Waals surface area contributed by atoms with Gasteiger partial charge in [0.25, 0.3) is 5.91 Å². The summed E-state index contributed by atoms with van der Waals surface area (Å²) in [5.74, 6) is 2.47. The number of carbonyl (C=O) groups is 1. The molecule has 2 atom stereocenters. The van der Waals surface area contributed by atoms with Crippen molar-refractivity contribution in [3.05, 3.63) is 90.0 Å². The Morgan fingerprint density at radius 1 is 1.08 bits per heavy atom. The number of amides is 1. The monoisotopic (exact) mass is 499 g/mol. The number of aryl methyl sites for hydroxylation is 1. The van der Waals surface area contributed by atoms with Gasteiger partial charge in [-0.3, -0.25) is 9.36 Å². The number of aromatic nitrogens is 3. The van der Waals surface area contributed by atoms with Gasteiger partial charge in [0.2, 0.25) is 0 Å². The fourth-order valence-electron chi connectivity index (χ4n) is 4.99. The number of para-hydroxylation sites is 1. The molecule has 1 fully saturated rings. The molecule has 0 saturated heterocycles. The molecular formula is C27H25N5O3S. The molecule has 2 unspecified atom stereocenters. The number of carbonyl (C=O) groups excluding carboxylic acids is 1. The fraction of sp³-hybridized carbons (Fsp3) is 0.259. The van der Waals surface area contributed by atoms with Gasteiger partial charge in [-0.05, 0) is 74.2 Å². The van der Waals surface area contributed by atoms with Crippen molar-refractivity contribution in [2.24, 2.45) is 11.0 Å². The molecule has 3 aromatic heterocycles. The number of furan rings is 2. The van der Waals surface area contributed by atoms with Crippen LogP contribution in [-0.4, -0.2) is 37.1 Å². The first-order valence-electron chi connectivity index (χ1n) is 12.0. The zero-order chi connectivity index (χ0) is 24.5. The minimum atomic E-state index is -0.267. The third-order valence-corrected chi connectivity index (χ3v) is 7.50. The van der Waals surface area contributed by atoms with Crippen LogP contribution in [0.15, 0.2) is 91.8 Å². The Labute approximate surface area is 212 Å². The number of benzene rings is 1. The third kappa shape index (κ3) is 4.19. The molecule has 0 bridgehead atoms. The van der Waals surface area contributed by atoms with Crippen molar-refractivity contribution in [1.29, 1.82) is 0 Å². The molecule has 6 rings (SSSR count). The second-order valence-electron chi connectivity index (χ2n) is 8.86. The van der Waals surface area contributed by atoms with Gasteiger partial charge in [0.1, 0.15) is 23.4 Å². The molecule has 1 aliphatic heterocycles. The van der Waals surface area contributed by atoms with Crippen LogP contribution in [-0.2, 0) is 4.79 Å². The predicted molar refractivity (Wildman–Crippen MR) is 137 cm³/mol. The topological polar surface area (TPSA) is 89.7 Å². The van der Waals surface area contributed by atoms with Crippen LogP contribution in [0.3, 0.4) is 0 Å². The van der Waals surface area contributed by atoms with Crippen LogP contribution in [0.4, 0.5) is 0 Å². The molecule has 4 aromatic rings. The Kier molecular flexibility index (Phi) is 6.06. The maximum Gasteiger partial charge on any atom is 0.253 e. The molecule has 8 nitrogen and oxygen atoms in total. The van der Waals surface area contributed by atoms with Crippen molar-refractivity contribution >= 4 is 29.5 Å². The fourth-order valence-corrected chi connectivity index (χ4v) is 5.84. The van der Waals surface area contributed by atoms with Crippen molar-refractivity contribution in [2.45, 2.75) is 37.4 Å². The minimum absolute atomic E-state index is 0.0790. The number of nitrogens with zero attached hydrogens (tertiary/aromatic N) is 5. The standard InChI is InChI=1S/C27H25N5O3S/c1-18-28-29-27(31(18)20-9-3-2-4-10-20)36-17-24(33)32-26(23-13-7-15-35-23)22-12-5-8-19(25(22)30-32)16-21-11-6-14-34-21/h2-4,6-7,9-11,13-16,22,26H,5,8,12,17H2,1H3. The van der Waals surface area contributed by atoms with E-state index in [9.17, 15) is 4.79 Å². The maximum atomic E-state index is 13.6. The number of thioether (sulfide) groups is 1. The second kappa shape index (κ2) is 9.66. The van der Waals surface area contributed by atoms with Crippen LogP contribution >= 0.6 is 11.8 Å². The first-order valence-corrected chi connectivity index (χ1v) is 13.0. The van der Waals surface area contributed by atoms with Gasteiger partial charge in [0.15, 0.2) is 5.16 Å². The SMILES string of the molecule is Cc1nnc(SCC(=O)N2N=C3C(=Cc4ccco4)CCCC3C2c2ccco2)n1-c1ccccc1. The van der Waals surface area contributed by atoms with Crippen LogP contribution in [0.5, 0.6) is 0 Å². The predicted octanol–water partition coefficient (Wildman–Crippen LogP) is 5.68. The molecule has 1 aliphatic carbocycles. The van der Waals surface area contributed by atoms with E-state index < -0.39 is 0 Å². The van der Waals surface area contributed by atoms with Crippen LogP contribution in [0.2, 0.25) is 0 Å². The number of hydrazone groups is 1. The molecule has 36 heavy (non-hydrogen) atoms. The molecule has 2 aliphatic rings. The van der Waals surface area contributed by atoms with E-state index in [-0.39, 0.29) is 23.6 Å². The molecule has 0 spiro atoms. The normalized spacial score (nSPS) is 20.5.